The average molecular weight is 246 g/mol. The Morgan fingerprint density at radius 1 is 1.44 bits per heavy atom. The van der Waals surface area contributed by atoms with Crippen LogP contribution in [0.5, 0.6) is 0 Å². The Morgan fingerprint density at radius 2 is 2.22 bits per heavy atom. The normalized spacial score (nSPS) is 12.6. The molecule has 5 heteroatoms. The van der Waals surface area contributed by atoms with Crippen molar-refractivity contribution in [2.45, 2.75) is 19.5 Å². The number of para-hydroxylation sites is 1. The Hall–Kier alpha value is -1.88. The first-order valence-electron chi connectivity index (χ1n) is 6.05. The monoisotopic (exact) mass is 246 g/mol. The largest absolute Gasteiger partial charge is 0.353 e. The fourth-order valence-corrected chi connectivity index (χ4v) is 1.71. The molecule has 0 bridgehead atoms. The maximum atomic E-state index is 11.8. The number of rotatable bonds is 5. The summed E-state index contributed by atoms with van der Waals surface area (Å²) in [6.07, 6.45) is 1.78. The van der Waals surface area contributed by atoms with Gasteiger partial charge in [0.2, 0.25) is 5.91 Å². The lowest BCUT2D eigenvalue weighted by Gasteiger charge is -2.11. The highest BCUT2D eigenvalue weighted by atomic mass is 16.2. The molecule has 0 spiro atoms. The number of hydrogen-bond acceptors (Lipinski definition) is 3. The van der Waals surface area contributed by atoms with Crippen molar-refractivity contribution in [2.75, 3.05) is 13.6 Å². The molecule has 0 radical (unpaired) electrons. The average Bonchev–Trinajstić information content (AvgIpc) is 2.79. The van der Waals surface area contributed by atoms with Crippen molar-refractivity contribution in [3.05, 3.63) is 30.5 Å². The molecule has 1 heterocycles. The molecule has 0 saturated heterocycles. The molecule has 1 aromatic carbocycles. The first-order chi connectivity index (χ1) is 8.70. The number of hydrogen-bond donors (Lipinski definition) is 2. The summed E-state index contributed by atoms with van der Waals surface area (Å²) in [5.41, 5.74) is 0.981. The molecule has 2 aromatic rings. The number of aromatic nitrogens is 2. The van der Waals surface area contributed by atoms with Crippen LogP contribution in [0.4, 0.5) is 0 Å². The highest BCUT2D eigenvalue weighted by Crippen LogP contribution is 2.11. The van der Waals surface area contributed by atoms with E-state index in [1.54, 1.807) is 10.9 Å². The van der Waals surface area contributed by atoms with Gasteiger partial charge in [-0.15, -0.1) is 0 Å². The van der Waals surface area contributed by atoms with E-state index in [1.807, 2.05) is 38.2 Å². The molecule has 0 fully saturated rings. The molecule has 1 amide bonds. The minimum atomic E-state index is -0.0223. The Kier molecular flexibility index (Phi) is 3.94. The number of benzene rings is 1. The maximum Gasteiger partial charge on any atom is 0.241 e. The van der Waals surface area contributed by atoms with E-state index in [4.69, 9.17) is 0 Å². The molecule has 2 rings (SSSR count). The van der Waals surface area contributed by atoms with Crippen LogP contribution in [0.2, 0.25) is 0 Å². The van der Waals surface area contributed by atoms with Gasteiger partial charge in [-0.3, -0.25) is 9.48 Å². The number of amides is 1. The molecule has 5 nitrogen and oxygen atoms in total. The lowest BCUT2D eigenvalue weighted by atomic mass is 10.2. The first kappa shape index (κ1) is 12.6. The van der Waals surface area contributed by atoms with Crippen LogP contribution in [0, 0.1) is 0 Å². The smallest absolute Gasteiger partial charge is 0.241 e. The van der Waals surface area contributed by atoms with Gasteiger partial charge in [-0.1, -0.05) is 18.2 Å². The van der Waals surface area contributed by atoms with Gasteiger partial charge in [0.1, 0.15) is 6.54 Å². The fourth-order valence-electron chi connectivity index (χ4n) is 1.71. The van der Waals surface area contributed by atoms with Gasteiger partial charge in [0.15, 0.2) is 0 Å². The number of nitrogens with zero attached hydrogens (tertiary/aromatic N) is 2. The summed E-state index contributed by atoms with van der Waals surface area (Å²) < 4.78 is 1.72. The predicted octanol–water partition coefficient (Wildman–Crippen LogP) is 0.760. The molecule has 1 aromatic heterocycles. The molecule has 1 atom stereocenters. The van der Waals surface area contributed by atoms with Crippen LogP contribution in [0.25, 0.3) is 10.9 Å². The topological polar surface area (TPSA) is 58.9 Å². The van der Waals surface area contributed by atoms with Crippen LogP contribution in [0.15, 0.2) is 30.5 Å². The SMILES string of the molecule is CNC(C)CNC(=O)Cn1ncc2ccccc21. The highest BCUT2D eigenvalue weighted by molar-refractivity contribution is 5.81. The van der Waals surface area contributed by atoms with Gasteiger partial charge < -0.3 is 10.6 Å². The van der Waals surface area contributed by atoms with Crippen molar-refractivity contribution in [3.8, 4) is 0 Å². The molecule has 2 N–H and O–H groups in total. The van der Waals surface area contributed by atoms with E-state index in [1.165, 1.54) is 0 Å². The summed E-state index contributed by atoms with van der Waals surface area (Å²) in [4.78, 5) is 11.8. The number of likely N-dealkylation sites (N-methyl/N-ethyl adjacent to an activating group) is 1. The van der Waals surface area contributed by atoms with E-state index < -0.39 is 0 Å². The van der Waals surface area contributed by atoms with E-state index in [2.05, 4.69) is 15.7 Å². The third-order valence-electron chi connectivity index (χ3n) is 2.94. The maximum absolute atomic E-state index is 11.8. The van der Waals surface area contributed by atoms with Gasteiger partial charge >= 0.3 is 0 Å². The molecular weight excluding hydrogens is 228 g/mol. The van der Waals surface area contributed by atoms with Gasteiger partial charge in [0.25, 0.3) is 0 Å². The molecule has 0 saturated carbocycles. The Morgan fingerprint density at radius 3 is 3.00 bits per heavy atom. The summed E-state index contributed by atoms with van der Waals surface area (Å²) in [6, 6.07) is 8.12. The third kappa shape index (κ3) is 2.87. The molecule has 18 heavy (non-hydrogen) atoms. The number of carbonyl (C=O) groups excluding carboxylic acids is 1. The highest BCUT2D eigenvalue weighted by Gasteiger charge is 2.07. The molecule has 1 unspecified atom stereocenters. The molecule has 0 aliphatic rings. The summed E-state index contributed by atoms with van der Waals surface area (Å²) in [6.45, 7) is 2.89. The summed E-state index contributed by atoms with van der Waals surface area (Å²) in [5.74, 6) is -0.0223. The summed E-state index contributed by atoms with van der Waals surface area (Å²) in [7, 11) is 1.87. The van der Waals surface area contributed by atoms with E-state index >= 15 is 0 Å². The first-order valence-corrected chi connectivity index (χ1v) is 6.05. The van der Waals surface area contributed by atoms with Crippen LogP contribution in [0.3, 0.4) is 0 Å². The standard InChI is InChI=1S/C13H18N4O/c1-10(14-2)7-15-13(18)9-17-12-6-4-3-5-11(12)8-16-17/h3-6,8,10,14H,7,9H2,1-2H3,(H,15,18). The zero-order chi connectivity index (χ0) is 13.0. The Balaban J connectivity index is 1.99. The van der Waals surface area contributed by atoms with E-state index in [0.717, 1.165) is 10.9 Å². The van der Waals surface area contributed by atoms with Crippen molar-refractivity contribution < 1.29 is 4.79 Å². The summed E-state index contributed by atoms with van der Waals surface area (Å²) in [5, 5.41) is 11.2. The molecular formula is C13H18N4O. The third-order valence-corrected chi connectivity index (χ3v) is 2.94. The van der Waals surface area contributed by atoms with Crippen molar-refractivity contribution in [1.82, 2.24) is 20.4 Å². The number of carbonyl (C=O) groups is 1. The second-order valence-corrected chi connectivity index (χ2v) is 4.35. The van der Waals surface area contributed by atoms with Gasteiger partial charge in [-0.2, -0.15) is 5.10 Å². The molecule has 0 aliphatic heterocycles. The molecule has 96 valence electrons. The zero-order valence-corrected chi connectivity index (χ0v) is 10.7. The Bertz CT molecular complexity index is 535. The zero-order valence-electron chi connectivity index (χ0n) is 10.7. The second kappa shape index (κ2) is 5.64. The van der Waals surface area contributed by atoms with Crippen molar-refractivity contribution >= 4 is 16.8 Å². The van der Waals surface area contributed by atoms with Gasteiger partial charge in [-0.25, -0.2) is 0 Å². The van der Waals surface area contributed by atoms with Crippen LogP contribution in [0.1, 0.15) is 6.92 Å². The van der Waals surface area contributed by atoms with Gasteiger partial charge in [0, 0.05) is 18.0 Å². The van der Waals surface area contributed by atoms with Crippen LogP contribution < -0.4 is 10.6 Å². The predicted molar refractivity (Wildman–Crippen MR) is 71.3 cm³/mol. The van der Waals surface area contributed by atoms with Crippen LogP contribution in [-0.4, -0.2) is 35.3 Å². The minimum absolute atomic E-state index is 0.0223. The van der Waals surface area contributed by atoms with Crippen molar-refractivity contribution in [1.29, 1.82) is 0 Å². The van der Waals surface area contributed by atoms with Crippen molar-refractivity contribution in [3.63, 3.8) is 0 Å². The lowest BCUT2D eigenvalue weighted by molar-refractivity contribution is -0.121. The van der Waals surface area contributed by atoms with Crippen LogP contribution in [-0.2, 0) is 11.3 Å². The molecule has 0 aliphatic carbocycles. The quantitative estimate of drug-likeness (QED) is 0.819. The van der Waals surface area contributed by atoms with E-state index in [9.17, 15) is 4.79 Å². The van der Waals surface area contributed by atoms with E-state index in [0.29, 0.717) is 6.54 Å². The number of fused-ring (bicyclic) bond motifs is 1. The summed E-state index contributed by atoms with van der Waals surface area (Å²) >= 11 is 0. The van der Waals surface area contributed by atoms with Gasteiger partial charge in [0.05, 0.1) is 11.7 Å². The van der Waals surface area contributed by atoms with Gasteiger partial charge in [-0.05, 0) is 20.0 Å². The van der Waals surface area contributed by atoms with Crippen molar-refractivity contribution in [2.24, 2.45) is 0 Å². The second-order valence-electron chi connectivity index (χ2n) is 4.35. The Labute approximate surface area is 106 Å². The number of nitrogens with one attached hydrogen (secondary N) is 2. The minimum Gasteiger partial charge on any atom is -0.353 e. The van der Waals surface area contributed by atoms with Crippen LogP contribution >= 0.6 is 0 Å². The van der Waals surface area contributed by atoms with E-state index in [-0.39, 0.29) is 18.5 Å². The fraction of sp³-hybridized carbons (Fsp3) is 0.385. The lowest BCUT2D eigenvalue weighted by Crippen LogP contribution is -2.38.